The lowest BCUT2D eigenvalue weighted by atomic mass is 9.91. The number of amides is 3. The first-order chi connectivity index (χ1) is 21.8. The number of nitrogens with one attached hydrogen (secondary N) is 1. The van der Waals surface area contributed by atoms with Gasteiger partial charge >= 0.3 is 6.09 Å². The van der Waals surface area contributed by atoms with Crippen molar-refractivity contribution >= 4 is 39.5 Å². The van der Waals surface area contributed by atoms with Gasteiger partial charge < -0.3 is 19.3 Å². The van der Waals surface area contributed by atoms with Gasteiger partial charge in [0.1, 0.15) is 23.4 Å². The number of ether oxygens (including phenoxy) is 2. The first-order valence-electron chi connectivity index (χ1n) is 16.0. The number of carbonyl (C=O) groups excluding carboxylic acids is 5. The second-order valence-electron chi connectivity index (χ2n) is 12.8. The van der Waals surface area contributed by atoms with Gasteiger partial charge in [-0.05, 0) is 43.7 Å². The van der Waals surface area contributed by atoms with Crippen LogP contribution in [0.2, 0.25) is 0 Å². The van der Waals surface area contributed by atoms with Crippen LogP contribution in [0.1, 0.15) is 71.6 Å². The molecule has 5 atom stereocenters. The van der Waals surface area contributed by atoms with Gasteiger partial charge in [0.05, 0.1) is 18.0 Å². The van der Waals surface area contributed by atoms with E-state index in [1.165, 1.54) is 28.0 Å². The molecule has 0 radical (unpaired) electrons. The lowest BCUT2D eigenvalue weighted by molar-refractivity contribution is -0.141. The van der Waals surface area contributed by atoms with Crippen LogP contribution in [0.3, 0.4) is 0 Å². The van der Waals surface area contributed by atoms with Crippen molar-refractivity contribution in [2.45, 2.75) is 88.7 Å². The first kappa shape index (κ1) is 35.1. The van der Waals surface area contributed by atoms with E-state index in [1.54, 1.807) is 27.1 Å². The molecular formula is C33H45N3O9S. The second-order valence-corrected chi connectivity index (χ2v) is 14.4. The van der Waals surface area contributed by atoms with Crippen molar-refractivity contribution in [2.75, 3.05) is 27.2 Å². The molecule has 1 aliphatic carbocycles. The zero-order valence-corrected chi connectivity index (χ0v) is 27.8. The van der Waals surface area contributed by atoms with Crippen molar-refractivity contribution in [2.24, 2.45) is 17.3 Å². The van der Waals surface area contributed by atoms with Crippen LogP contribution >= 0.6 is 0 Å². The van der Waals surface area contributed by atoms with Gasteiger partial charge in [0.2, 0.25) is 11.8 Å². The molecule has 3 amide bonds. The van der Waals surface area contributed by atoms with Crippen molar-refractivity contribution in [3.8, 4) is 5.75 Å². The van der Waals surface area contributed by atoms with Gasteiger partial charge in [-0.25, -0.2) is 17.9 Å². The SMILES string of the molecule is CCC(=O)COc1ccccc1S(=O)(=O)NC(=O)[C@]12CC(=O)[C@@H]3C[C@@H](OC(=O)N(C)C)CN3C(=O)[C@@H](C)CCCCC/C=C\[C@H]1C2. The van der Waals surface area contributed by atoms with Gasteiger partial charge in [-0.1, -0.05) is 51.0 Å². The summed E-state index contributed by atoms with van der Waals surface area (Å²) in [4.78, 5) is 68.1. The molecule has 0 unspecified atom stereocenters. The van der Waals surface area contributed by atoms with Crippen molar-refractivity contribution in [1.82, 2.24) is 14.5 Å². The van der Waals surface area contributed by atoms with Gasteiger partial charge in [0.15, 0.2) is 11.6 Å². The Hall–Kier alpha value is -3.74. The minimum Gasteiger partial charge on any atom is -0.484 e. The molecule has 46 heavy (non-hydrogen) atoms. The molecule has 0 bridgehead atoms. The molecule has 13 heteroatoms. The Labute approximate surface area is 270 Å². The zero-order chi connectivity index (χ0) is 33.6. The summed E-state index contributed by atoms with van der Waals surface area (Å²) in [6, 6.07) is 4.81. The van der Waals surface area contributed by atoms with Crippen LogP contribution in [0.25, 0.3) is 0 Å². The summed E-state index contributed by atoms with van der Waals surface area (Å²) in [5.74, 6) is -2.42. The Kier molecular flexibility index (Phi) is 11.3. The van der Waals surface area contributed by atoms with Gasteiger partial charge in [-0.3, -0.25) is 19.2 Å². The second kappa shape index (κ2) is 14.8. The Morgan fingerprint density at radius 3 is 2.57 bits per heavy atom. The van der Waals surface area contributed by atoms with Crippen molar-refractivity contribution in [1.29, 1.82) is 0 Å². The molecule has 2 fully saturated rings. The number of hydrogen-bond acceptors (Lipinski definition) is 9. The fourth-order valence-corrected chi connectivity index (χ4v) is 7.33. The minimum atomic E-state index is -4.45. The van der Waals surface area contributed by atoms with Crippen LogP contribution in [0, 0.1) is 17.3 Å². The molecule has 12 nitrogen and oxygen atoms in total. The number of carbonyl (C=O) groups is 5. The molecule has 3 aliphatic rings. The van der Waals surface area contributed by atoms with Gasteiger partial charge in [0.25, 0.3) is 10.0 Å². The highest BCUT2D eigenvalue weighted by Crippen LogP contribution is 2.57. The van der Waals surface area contributed by atoms with E-state index in [9.17, 15) is 32.4 Å². The number of rotatable bonds is 8. The van der Waals surface area contributed by atoms with E-state index in [2.05, 4.69) is 4.72 Å². The molecule has 4 rings (SSSR count). The van der Waals surface area contributed by atoms with Crippen molar-refractivity contribution < 1.29 is 41.9 Å². The predicted molar refractivity (Wildman–Crippen MR) is 168 cm³/mol. The topological polar surface area (TPSA) is 156 Å². The Balaban J connectivity index is 1.61. The fourth-order valence-electron chi connectivity index (χ4n) is 6.13. The molecular weight excluding hydrogens is 614 g/mol. The van der Waals surface area contributed by atoms with Crippen LogP contribution in [0.5, 0.6) is 5.75 Å². The normalized spacial score (nSPS) is 27.7. The number of fused-ring (bicyclic) bond motifs is 2. The largest absolute Gasteiger partial charge is 0.484 e. The maximum Gasteiger partial charge on any atom is 0.409 e. The summed E-state index contributed by atoms with van der Waals surface area (Å²) in [5.41, 5.74) is -1.34. The third-order valence-corrected chi connectivity index (χ3v) is 10.4. The molecule has 1 aromatic rings. The Bertz CT molecular complexity index is 1470. The number of Topliss-reactive ketones (excluding diaryl/α,β-unsaturated/α-hetero) is 2. The zero-order valence-electron chi connectivity index (χ0n) is 27.0. The number of ketones is 2. The maximum atomic E-state index is 14.0. The Morgan fingerprint density at radius 1 is 1.11 bits per heavy atom. The van der Waals surface area contributed by atoms with Crippen LogP contribution in [0.15, 0.2) is 41.3 Å². The maximum absolute atomic E-state index is 14.0. The minimum absolute atomic E-state index is 0.0629. The Morgan fingerprint density at radius 2 is 1.85 bits per heavy atom. The molecule has 1 aromatic carbocycles. The van der Waals surface area contributed by atoms with Crippen molar-refractivity contribution in [3.05, 3.63) is 36.4 Å². The predicted octanol–water partition coefficient (Wildman–Crippen LogP) is 3.64. The van der Waals surface area contributed by atoms with E-state index >= 15 is 0 Å². The average molecular weight is 660 g/mol. The molecule has 1 N–H and O–H groups in total. The molecule has 252 valence electrons. The summed E-state index contributed by atoms with van der Waals surface area (Å²) in [7, 11) is -1.36. The first-order valence-corrected chi connectivity index (χ1v) is 17.5. The number of sulfonamides is 1. The van der Waals surface area contributed by atoms with E-state index in [0.717, 1.165) is 25.7 Å². The smallest absolute Gasteiger partial charge is 0.409 e. The highest BCUT2D eigenvalue weighted by atomic mass is 32.2. The lowest BCUT2D eigenvalue weighted by Crippen LogP contribution is -2.45. The monoisotopic (exact) mass is 659 g/mol. The highest BCUT2D eigenvalue weighted by Gasteiger charge is 2.61. The molecule has 1 saturated heterocycles. The number of para-hydroxylation sites is 1. The number of hydrogen-bond donors (Lipinski definition) is 1. The highest BCUT2D eigenvalue weighted by molar-refractivity contribution is 7.90. The summed E-state index contributed by atoms with van der Waals surface area (Å²) in [6.45, 7) is 3.24. The number of allylic oxidation sites excluding steroid dienone is 2. The summed E-state index contributed by atoms with van der Waals surface area (Å²) >= 11 is 0. The van der Waals surface area contributed by atoms with Crippen LogP contribution in [0.4, 0.5) is 4.79 Å². The molecule has 0 aromatic heterocycles. The standard InChI is InChI=1S/C33H45N3O9S/c1-5-24(37)21-44-28-15-11-12-16-29(28)46(42,43)34-31(40)33-18-23(33)14-10-8-6-7-9-13-22(2)30(39)36-20-25(45-32(41)35(3)4)17-26(36)27(38)19-33/h10-12,14-16,22-23,25-26H,5-9,13,17-21H2,1-4H3,(H,34,40)/b14-10-/t22-,23-,25+,26-,33+/m0/s1. The molecule has 2 heterocycles. The summed E-state index contributed by atoms with van der Waals surface area (Å²) < 4.78 is 40.3. The van der Waals surface area contributed by atoms with Crippen LogP contribution in [-0.2, 0) is 33.9 Å². The average Bonchev–Trinajstić information content (AvgIpc) is 3.55. The third-order valence-electron chi connectivity index (χ3n) is 9.07. The van der Waals surface area contributed by atoms with E-state index in [4.69, 9.17) is 9.47 Å². The summed E-state index contributed by atoms with van der Waals surface area (Å²) in [5, 5.41) is 0. The number of nitrogens with zero attached hydrogens (tertiary/aromatic N) is 2. The van der Waals surface area contributed by atoms with E-state index in [0.29, 0.717) is 6.42 Å². The van der Waals surface area contributed by atoms with Crippen LogP contribution < -0.4 is 9.46 Å². The third kappa shape index (κ3) is 8.15. The molecule has 1 saturated carbocycles. The van der Waals surface area contributed by atoms with Crippen molar-refractivity contribution in [3.63, 3.8) is 0 Å². The molecule has 2 aliphatic heterocycles. The lowest BCUT2D eigenvalue weighted by Gasteiger charge is -2.27. The van der Waals surface area contributed by atoms with E-state index in [-0.39, 0.29) is 78.8 Å². The van der Waals surface area contributed by atoms with Crippen LogP contribution in [-0.4, -0.2) is 87.1 Å². The van der Waals surface area contributed by atoms with E-state index in [1.807, 2.05) is 19.1 Å². The van der Waals surface area contributed by atoms with Gasteiger partial charge in [-0.15, -0.1) is 0 Å². The molecule has 0 spiro atoms. The van der Waals surface area contributed by atoms with Gasteiger partial charge in [0, 0.05) is 39.3 Å². The van der Waals surface area contributed by atoms with E-state index < -0.39 is 39.6 Å². The van der Waals surface area contributed by atoms with Gasteiger partial charge in [-0.2, -0.15) is 0 Å². The fraction of sp³-hybridized carbons (Fsp3) is 0.606. The summed E-state index contributed by atoms with van der Waals surface area (Å²) in [6.07, 6.45) is 6.92. The quantitative estimate of drug-likeness (QED) is 0.412. The number of benzene rings is 1.